The van der Waals surface area contributed by atoms with Gasteiger partial charge in [-0.1, -0.05) is 167 Å². The molecule has 0 aromatic heterocycles. The Morgan fingerprint density at radius 1 is 0.547 bits per heavy atom. The van der Waals surface area contributed by atoms with Crippen LogP contribution in [0.4, 0.5) is 0 Å². The summed E-state index contributed by atoms with van der Waals surface area (Å²) in [7, 11) is 5.40. The Morgan fingerprint density at radius 2 is 0.962 bits per heavy atom. The predicted octanol–water partition coefficient (Wildman–Crippen LogP) is 10.6. The largest absolute Gasteiger partial charge is 0.544 e. The fourth-order valence-corrected chi connectivity index (χ4v) is 6.64. The summed E-state index contributed by atoms with van der Waals surface area (Å²) in [6.45, 7) is 4.63. The molecule has 0 aliphatic heterocycles. The zero-order valence-corrected chi connectivity index (χ0v) is 35.4. The molecule has 0 heterocycles. The molecule has 0 N–H and O–H groups in total. The van der Waals surface area contributed by atoms with Gasteiger partial charge in [0.2, 0.25) is 0 Å². The fourth-order valence-electron chi connectivity index (χ4n) is 6.64. The summed E-state index contributed by atoms with van der Waals surface area (Å²) in [4.78, 5) is 36.7. The van der Waals surface area contributed by atoms with Crippen LogP contribution in [0.15, 0.2) is 12.2 Å². The first-order chi connectivity index (χ1) is 25.6. The Kier molecular flexibility index (Phi) is 35.7. The van der Waals surface area contributed by atoms with E-state index >= 15 is 0 Å². The molecule has 0 aliphatic carbocycles. The Morgan fingerprint density at radius 3 is 1.42 bits per heavy atom. The maximum Gasteiger partial charge on any atom is 0.306 e. The molecule has 0 saturated heterocycles. The Balaban J connectivity index is 4.22. The van der Waals surface area contributed by atoms with E-state index in [4.69, 9.17) is 14.2 Å². The van der Waals surface area contributed by atoms with E-state index in [1.165, 1.54) is 116 Å². The van der Waals surface area contributed by atoms with Gasteiger partial charge in [0.1, 0.15) is 12.6 Å². The number of quaternary nitrogens is 1. The number of carboxylic acid groups (broad SMARTS) is 1. The highest BCUT2D eigenvalue weighted by Gasteiger charge is 2.25. The number of aliphatic carboxylic acids is 1. The summed E-state index contributed by atoms with van der Waals surface area (Å²) in [6, 6.07) is -0.722. The molecule has 312 valence electrons. The zero-order valence-electron chi connectivity index (χ0n) is 35.4. The number of nitrogens with zero attached hydrogens (tertiary/aromatic N) is 1. The molecule has 0 radical (unpaired) electrons. The predicted molar refractivity (Wildman–Crippen MR) is 217 cm³/mol. The van der Waals surface area contributed by atoms with Crippen LogP contribution < -0.4 is 5.11 Å². The van der Waals surface area contributed by atoms with Crippen molar-refractivity contribution >= 4 is 17.9 Å². The van der Waals surface area contributed by atoms with E-state index in [0.29, 0.717) is 12.8 Å². The minimum atomic E-state index is -1.12. The Hall–Kier alpha value is -1.93. The van der Waals surface area contributed by atoms with Gasteiger partial charge in [0.25, 0.3) is 0 Å². The number of carbonyl (C=O) groups excluding carboxylic acids is 3. The van der Waals surface area contributed by atoms with Crippen LogP contribution in [-0.4, -0.2) is 75.5 Å². The number of ether oxygens (including phenoxy) is 3. The molecule has 0 rings (SSSR count). The van der Waals surface area contributed by atoms with Gasteiger partial charge in [-0.3, -0.25) is 9.59 Å². The SMILES string of the molecule is CCCC/C=C/CCCCCCC(=O)OC(COCCC(C(=O)[O-])[N+](C)(C)C)COC(=O)CCCCCCCCCCCCCCCCCCCCC. The van der Waals surface area contributed by atoms with Crippen molar-refractivity contribution in [2.45, 2.75) is 219 Å². The van der Waals surface area contributed by atoms with E-state index in [0.717, 1.165) is 57.8 Å². The van der Waals surface area contributed by atoms with E-state index in [2.05, 4.69) is 26.0 Å². The van der Waals surface area contributed by atoms with Crippen LogP contribution in [0, 0.1) is 0 Å². The van der Waals surface area contributed by atoms with Crippen molar-refractivity contribution in [1.29, 1.82) is 0 Å². The second-order valence-electron chi connectivity index (χ2n) is 16.3. The molecule has 0 aromatic rings. The van der Waals surface area contributed by atoms with Crippen molar-refractivity contribution in [2.24, 2.45) is 0 Å². The van der Waals surface area contributed by atoms with Gasteiger partial charge in [-0.15, -0.1) is 0 Å². The van der Waals surface area contributed by atoms with Gasteiger partial charge in [-0.2, -0.15) is 0 Å². The van der Waals surface area contributed by atoms with Crippen molar-refractivity contribution in [3.8, 4) is 0 Å². The number of unbranched alkanes of at least 4 members (excludes halogenated alkanes) is 24. The van der Waals surface area contributed by atoms with Gasteiger partial charge in [-0.05, 0) is 32.1 Å². The van der Waals surface area contributed by atoms with Crippen molar-refractivity contribution < 1.29 is 38.2 Å². The summed E-state index contributed by atoms with van der Waals surface area (Å²) < 4.78 is 17.1. The van der Waals surface area contributed by atoms with Crippen LogP contribution in [0.2, 0.25) is 0 Å². The van der Waals surface area contributed by atoms with Gasteiger partial charge in [0.15, 0.2) is 6.10 Å². The number of carbonyl (C=O) groups is 3. The number of esters is 2. The lowest BCUT2D eigenvalue weighted by atomic mass is 10.0. The molecule has 0 fully saturated rings. The lowest BCUT2D eigenvalue weighted by molar-refractivity contribution is -0.889. The average molecular weight is 752 g/mol. The van der Waals surface area contributed by atoms with Crippen molar-refractivity contribution in [1.82, 2.24) is 0 Å². The summed E-state index contributed by atoms with van der Waals surface area (Å²) in [6.07, 6.45) is 38.1. The smallest absolute Gasteiger partial charge is 0.306 e. The number of hydrogen-bond acceptors (Lipinski definition) is 7. The van der Waals surface area contributed by atoms with Crippen LogP contribution in [0.5, 0.6) is 0 Å². The molecule has 2 atom stereocenters. The van der Waals surface area contributed by atoms with E-state index in [9.17, 15) is 19.5 Å². The standard InChI is InChI=1S/C45H85NO7/c1-6-8-10-12-14-16-18-19-20-21-22-23-24-25-26-28-29-31-33-35-43(47)52-40-41(39-51-38-37-42(45(49)50)46(3,4)5)53-44(48)36-34-32-30-27-17-15-13-11-9-7-2/h13,15,41-42H,6-12,14,16-40H2,1-5H3/b15-13+. The van der Waals surface area contributed by atoms with Crippen LogP contribution in [0.25, 0.3) is 0 Å². The molecular weight excluding hydrogens is 666 g/mol. The Labute approximate surface area is 327 Å². The van der Waals surface area contributed by atoms with Crippen molar-refractivity contribution in [3.63, 3.8) is 0 Å². The summed E-state index contributed by atoms with van der Waals surface area (Å²) in [5.74, 6) is -1.74. The number of likely N-dealkylation sites (N-methyl/N-ethyl adjacent to an activating group) is 1. The third-order valence-corrected chi connectivity index (χ3v) is 10.2. The molecule has 0 aliphatic rings. The normalized spacial score (nSPS) is 13.0. The van der Waals surface area contributed by atoms with Crippen molar-refractivity contribution in [3.05, 3.63) is 12.2 Å². The van der Waals surface area contributed by atoms with Gasteiger partial charge in [0, 0.05) is 19.3 Å². The maximum atomic E-state index is 12.6. The van der Waals surface area contributed by atoms with Gasteiger partial charge >= 0.3 is 11.9 Å². The van der Waals surface area contributed by atoms with Crippen LogP contribution >= 0.6 is 0 Å². The molecular formula is C45H85NO7. The minimum Gasteiger partial charge on any atom is -0.544 e. The summed E-state index contributed by atoms with van der Waals surface area (Å²) in [5.41, 5.74) is 0. The highest BCUT2D eigenvalue weighted by atomic mass is 16.6. The first kappa shape index (κ1) is 51.1. The quantitative estimate of drug-likeness (QED) is 0.0266. The number of rotatable bonds is 40. The van der Waals surface area contributed by atoms with E-state index < -0.39 is 18.1 Å². The lowest BCUT2D eigenvalue weighted by Gasteiger charge is -2.34. The first-order valence-electron chi connectivity index (χ1n) is 22.2. The third-order valence-electron chi connectivity index (χ3n) is 10.2. The molecule has 0 aromatic carbocycles. The van der Waals surface area contributed by atoms with Crippen LogP contribution in [0.3, 0.4) is 0 Å². The lowest BCUT2D eigenvalue weighted by Crippen LogP contribution is -2.55. The number of carboxylic acids is 1. The van der Waals surface area contributed by atoms with E-state index in [1.807, 2.05) is 0 Å². The molecule has 8 heteroatoms. The van der Waals surface area contributed by atoms with Gasteiger partial charge in [-0.25, -0.2) is 0 Å². The molecule has 2 unspecified atom stereocenters. The highest BCUT2D eigenvalue weighted by Crippen LogP contribution is 2.16. The number of hydrogen-bond donors (Lipinski definition) is 0. The minimum absolute atomic E-state index is 0.0412. The Bertz CT molecular complexity index is 885. The number of allylic oxidation sites excluding steroid dienone is 2. The van der Waals surface area contributed by atoms with Crippen LogP contribution in [0.1, 0.15) is 206 Å². The maximum absolute atomic E-state index is 12.6. The molecule has 0 spiro atoms. The topological polar surface area (TPSA) is 102 Å². The van der Waals surface area contributed by atoms with Crippen molar-refractivity contribution in [2.75, 3.05) is 41.0 Å². The monoisotopic (exact) mass is 752 g/mol. The van der Waals surface area contributed by atoms with Gasteiger partial charge < -0.3 is 28.6 Å². The fraction of sp³-hybridized carbons (Fsp3) is 0.889. The van der Waals surface area contributed by atoms with E-state index in [-0.39, 0.29) is 42.7 Å². The molecule has 0 saturated carbocycles. The van der Waals surface area contributed by atoms with Crippen LogP contribution in [-0.2, 0) is 28.6 Å². The molecule has 0 amide bonds. The highest BCUT2D eigenvalue weighted by molar-refractivity contribution is 5.70. The molecule has 0 bridgehead atoms. The average Bonchev–Trinajstić information content (AvgIpc) is 3.11. The summed E-state index contributed by atoms with van der Waals surface area (Å²) in [5, 5.41) is 11.6. The zero-order chi connectivity index (χ0) is 39.3. The first-order valence-corrected chi connectivity index (χ1v) is 22.2. The second-order valence-corrected chi connectivity index (χ2v) is 16.3. The third kappa shape index (κ3) is 35.5. The summed E-state index contributed by atoms with van der Waals surface area (Å²) >= 11 is 0. The van der Waals surface area contributed by atoms with E-state index in [1.54, 1.807) is 21.1 Å². The molecule has 53 heavy (non-hydrogen) atoms. The molecule has 8 nitrogen and oxygen atoms in total. The second kappa shape index (κ2) is 37.0. The van der Waals surface area contributed by atoms with Gasteiger partial charge in [0.05, 0.1) is 40.3 Å².